The summed E-state index contributed by atoms with van der Waals surface area (Å²) in [6.45, 7) is 2.68. The van der Waals surface area contributed by atoms with E-state index in [4.69, 9.17) is 4.74 Å². The van der Waals surface area contributed by atoms with Crippen LogP contribution in [0.5, 0.6) is 0 Å². The Morgan fingerprint density at radius 3 is 2.90 bits per heavy atom. The van der Waals surface area contributed by atoms with E-state index in [1.54, 1.807) is 7.11 Å². The van der Waals surface area contributed by atoms with Crippen molar-refractivity contribution < 1.29 is 14.3 Å². The summed E-state index contributed by atoms with van der Waals surface area (Å²) in [6, 6.07) is 0. The maximum absolute atomic E-state index is 12.5. The molecular formula is C14H26ClN3O3. The summed E-state index contributed by atoms with van der Waals surface area (Å²) in [5, 5.41) is 8.85. The lowest BCUT2D eigenvalue weighted by Crippen LogP contribution is -2.50. The lowest BCUT2D eigenvalue weighted by Gasteiger charge is -2.37. The van der Waals surface area contributed by atoms with Crippen LogP contribution >= 0.6 is 12.4 Å². The molecule has 0 unspecified atom stereocenters. The van der Waals surface area contributed by atoms with Crippen molar-refractivity contribution in [2.75, 3.05) is 39.9 Å². The number of carbonyl (C=O) groups excluding carboxylic acids is 2. The molecule has 21 heavy (non-hydrogen) atoms. The van der Waals surface area contributed by atoms with Crippen LogP contribution in [0.25, 0.3) is 0 Å². The minimum Gasteiger partial charge on any atom is -0.383 e. The molecule has 0 spiro atoms. The summed E-state index contributed by atoms with van der Waals surface area (Å²) in [5.74, 6) is 0.298. The molecule has 1 saturated carbocycles. The van der Waals surface area contributed by atoms with E-state index < -0.39 is 0 Å². The van der Waals surface area contributed by atoms with Crippen molar-refractivity contribution in [2.45, 2.75) is 25.7 Å². The molecule has 7 heteroatoms. The largest absolute Gasteiger partial charge is 0.383 e. The van der Waals surface area contributed by atoms with Crippen LogP contribution in [-0.2, 0) is 14.3 Å². The van der Waals surface area contributed by atoms with Crippen LogP contribution in [0.3, 0.4) is 0 Å². The maximum atomic E-state index is 12.5. The molecule has 2 amide bonds. The summed E-state index contributed by atoms with van der Waals surface area (Å²) < 4.78 is 4.86. The van der Waals surface area contributed by atoms with Gasteiger partial charge < -0.3 is 20.7 Å². The average Bonchev–Trinajstić information content (AvgIpc) is 2.90. The Bertz CT molecular complexity index is 367. The van der Waals surface area contributed by atoms with Gasteiger partial charge in [-0.1, -0.05) is 12.8 Å². The third-order valence-corrected chi connectivity index (χ3v) is 4.53. The van der Waals surface area contributed by atoms with E-state index in [2.05, 4.69) is 16.0 Å². The number of amides is 2. The number of methoxy groups -OCH3 is 1. The molecule has 0 bridgehead atoms. The highest BCUT2D eigenvalue weighted by atomic mass is 35.5. The van der Waals surface area contributed by atoms with Crippen molar-refractivity contribution in [2.24, 2.45) is 11.3 Å². The van der Waals surface area contributed by atoms with Crippen molar-refractivity contribution in [1.29, 1.82) is 0 Å². The molecule has 0 aromatic heterocycles. The highest BCUT2D eigenvalue weighted by Gasteiger charge is 2.49. The third-order valence-electron chi connectivity index (χ3n) is 4.53. The molecule has 1 aliphatic carbocycles. The van der Waals surface area contributed by atoms with Gasteiger partial charge in [-0.25, -0.2) is 0 Å². The molecule has 2 atom stereocenters. The predicted octanol–water partition coefficient (Wildman–Crippen LogP) is 0.0668. The summed E-state index contributed by atoms with van der Waals surface area (Å²) in [7, 11) is 1.59. The van der Waals surface area contributed by atoms with E-state index in [0.717, 1.165) is 32.4 Å². The second-order valence-corrected chi connectivity index (χ2v) is 5.76. The first-order valence-corrected chi connectivity index (χ1v) is 7.44. The SMILES string of the molecule is COCCNC(=O)CNC(=O)[C@@]12CCCC[C@H]1CNC2.Cl. The number of ether oxygens (including phenoxy) is 1. The molecule has 2 aliphatic rings. The smallest absolute Gasteiger partial charge is 0.239 e. The summed E-state index contributed by atoms with van der Waals surface area (Å²) >= 11 is 0. The first-order valence-electron chi connectivity index (χ1n) is 7.44. The fourth-order valence-corrected chi connectivity index (χ4v) is 3.38. The molecule has 2 rings (SSSR count). The number of nitrogens with one attached hydrogen (secondary N) is 3. The van der Waals surface area contributed by atoms with Crippen LogP contribution in [0.1, 0.15) is 25.7 Å². The quantitative estimate of drug-likeness (QED) is 0.605. The highest BCUT2D eigenvalue weighted by molar-refractivity contribution is 5.88. The zero-order chi connectivity index (χ0) is 14.4. The van der Waals surface area contributed by atoms with E-state index in [9.17, 15) is 9.59 Å². The van der Waals surface area contributed by atoms with Gasteiger partial charge in [0.05, 0.1) is 18.6 Å². The zero-order valence-electron chi connectivity index (χ0n) is 12.6. The molecule has 1 heterocycles. The van der Waals surface area contributed by atoms with Crippen molar-refractivity contribution in [3.63, 3.8) is 0 Å². The number of fused-ring (bicyclic) bond motifs is 1. The van der Waals surface area contributed by atoms with E-state index in [1.807, 2.05) is 0 Å². The van der Waals surface area contributed by atoms with Gasteiger partial charge in [0.15, 0.2) is 0 Å². The second kappa shape index (κ2) is 8.56. The van der Waals surface area contributed by atoms with E-state index in [0.29, 0.717) is 19.1 Å². The van der Waals surface area contributed by atoms with Crippen LogP contribution in [0.2, 0.25) is 0 Å². The zero-order valence-corrected chi connectivity index (χ0v) is 13.4. The Morgan fingerprint density at radius 1 is 1.33 bits per heavy atom. The van der Waals surface area contributed by atoms with Gasteiger partial charge in [-0.15, -0.1) is 12.4 Å². The van der Waals surface area contributed by atoms with Crippen LogP contribution in [0, 0.1) is 11.3 Å². The number of rotatable bonds is 6. The van der Waals surface area contributed by atoms with E-state index >= 15 is 0 Å². The first-order chi connectivity index (χ1) is 9.69. The molecule has 0 aromatic carbocycles. The average molecular weight is 320 g/mol. The van der Waals surface area contributed by atoms with E-state index in [-0.39, 0.29) is 36.2 Å². The molecule has 122 valence electrons. The molecule has 1 saturated heterocycles. The van der Waals surface area contributed by atoms with E-state index in [1.165, 1.54) is 6.42 Å². The van der Waals surface area contributed by atoms with Gasteiger partial charge >= 0.3 is 0 Å². The van der Waals surface area contributed by atoms with Gasteiger partial charge in [0.2, 0.25) is 11.8 Å². The van der Waals surface area contributed by atoms with Gasteiger partial charge in [-0.05, 0) is 25.3 Å². The van der Waals surface area contributed by atoms with Crippen molar-refractivity contribution in [3.8, 4) is 0 Å². The maximum Gasteiger partial charge on any atom is 0.239 e. The fourth-order valence-electron chi connectivity index (χ4n) is 3.38. The topological polar surface area (TPSA) is 79.5 Å². The minimum absolute atomic E-state index is 0. The molecular weight excluding hydrogens is 294 g/mol. The molecule has 3 N–H and O–H groups in total. The molecule has 6 nitrogen and oxygen atoms in total. The fraction of sp³-hybridized carbons (Fsp3) is 0.857. The number of carbonyl (C=O) groups is 2. The van der Waals surface area contributed by atoms with Gasteiger partial charge in [0.1, 0.15) is 0 Å². The lowest BCUT2D eigenvalue weighted by atomic mass is 9.67. The minimum atomic E-state index is -0.287. The first kappa shape index (κ1) is 18.2. The second-order valence-electron chi connectivity index (χ2n) is 5.76. The van der Waals surface area contributed by atoms with Gasteiger partial charge in [0, 0.05) is 20.2 Å². The summed E-state index contributed by atoms with van der Waals surface area (Å²) in [6.07, 6.45) is 4.35. The Kier molecular flexibility index (Phi) is 7.42. The van der Waals surface area contributed by atoms with Crippen LogP contribution < -0.4 is 16.0 Å². The lowest BCUT2D eigenvalue weighted by molar-refractivity contribution is -0.135. The third kappa shape index (κ3) is 4.31. The number of halogens is 1. The van der Waals surface area contributed by atoms with Crippen molar-refractivity contribution in [1.82, 2.24) is 16.0 Å². The van der Waals surface area contributed by atoms with Crippen molar-refractivity contribution in [3.05, 3.63) is 0 Å². The predicted molar refractivity (Wildman–Crippen MR) is 82.4 cm³/mol. The highest BCUT2D eigenvalue weighted by Crippen LogP contribution is 2.43. The molecule has 0 radical (unpaired) electrons. The summed E-state index contributed by atoms with van der Waals surface area (Å²) in [4.78, 5) is 24.1. The van der Waals surface area contributed by atoms with Crippen LogP contribution in [0.4, 0.5) is 0 Å². The Balaban J connectivity index is 0.00000220. The Labute approximate surface area is 132 Å². The monoisotopic (exact) mass is 319 g/mol. The van der Waals surface area contributed by atoms with Crippen LogP contribution in [0.15, 0.2) is 0 Å². The van der Waals surface area contributed by atoms with Crippen LogP contribution in [-0.4, -0.2) is 51.7 Å². The molecule has 2 fully saturated rings. The molecule has 1 aliphatic heterocycles. The number of hydrogen-bond donors (Lipinski definition) is 3. The van der Waals surface area contributed by atoms with Gasteiger partial charge in [0.25, 0.3) is 0 Å². The number of hydrogen-bond acceptors (Lipinski definition) is 4. The summed E-state index contributed by atoms with van der Waals surface area (Å²) in [5.41, 5.74) is -0.287. The Morgan fingerprint density at radius 2 is 2.14 bits per heavy atom. The standard InChI is InChI=1S/C14H25N3O3.ClH/c1-20-7-6-16-12(18)9-17-13(19)14-5-3-2-4-11(14)8-15-10-14;/h11,15H,2-10H2,1H3,(H,16,18)(H,17,19);1H/t11-,14+;/m0./s1. The normalized spacial score (nSPS) is 27.4. The van der Waals surface area contributed by atoms with Gasteiger partial charge in [-0.2, -0.15) is 0 Å². The molecule has 0 aromatic rings. The van der Waals surface area contributed by atoms with Gasteiger partial charge in [-0.3, -0.25) is 9.59 Å². The van der Waals surface area contributed by atoms with Crippen molar-refractivity contribution >= 4 is 24.2 Å². The Hall–Kier alpha value is -0.850.